The summed E-state index contributed by atoms with van der Waals surface area (Å²) in [5.74, 6) is -3.60. The van der Waals surface area contributed by atoms with E-state index < -0.39 is 23.4 Å². The van der Waals surface area contributed by atoms with Crippen molar-refractivity contribution in [2.24, 2.45) is 0 Å². The van der Waals surface area contributed by atoms with Crippen molar-refractivity contribution in [2.75, 3.05) is 23.3 Å². The Morgan fingerprint density at radius 3 is 2.67 bits per heavy atom. The zero-order chi connectivity index (χ0) is 21.1. The second-order valence-electron chi connectivity index (χ2n) is 6.89. The van der Waals surface area contributed by atoms with E-state index in [2.05, 4.69) is 27.7 Å². The van der Waals surface area contributed by atoms with E-state index in [0.29, 0.717) is 6.07 Å². The van der Waals surface area contributed by atoms with Crippen LogP contribution in [0.3, 0.4) is 0 Å². The van der Waals surface area contributed by atoms with Crippen molar-refractivity contribution in [3.8, 4) is 0 Å². The maximum atomic E-state index is 13.7. The predicted molar refractivity (Wildman–Crippen MR) is 113 cm³/mol. The van der Waals surface area contributed by atoms with Gasteiger partial charge in [0.25, 0.3) is 0 Å². The number of benzene rings is 2. The Labute approximate surface area is 176 Å². The molecule has 0 fully saturated rings. The van der Waals surface area contributed by atoms with E-state index in [9.17, 15) is 18.4 Å². The van der Waals surface area contributed by atoms with E-state index in [0.717, 1.165) is 35.7 Å². The molecular formula is C22H19F2N3O2S. The lowest BCUT2D eigenvalue weighted by Gasteiger charge is -2.30. The van der Waals surface area contributed by atoms with Crippen LogP contribution in [-0.2, 0) is 16.0 Å². The molecule has 4 rings (SSSR count). The number of nitrogens with zero attached hydrogens (tertiary/aromatic N) is 1. The minimum atomic E-state index is -1.01. The van der Waals surface area contributed by atoms with Crippen molar-refractivity contribution in [1.29, 1.82) is 0 Å². The molecule has 0 radical (unpaired) electrons. The molecule has 2 heterocycles. The third-order valence-corrected chi connectivity index (χ3v) is 5.99. The number of hydrogen-bond acceptors (Lipinski definition) is 4. The van der Waals surface area contributed by atoms with Crippen molar-refractivity contribution in [3.05, 3.63) is 82.1 Å². The maximum Gasteiger partial charge on any atom is 0.313 e. The molecule has 0 aliphatic carbocycles. The highest BCUT2D eigenvalue weighted by atomic mass is 32.1. The normalized spacial score (nSPS) is 13.6. The summed E-state index contributed by atoms with van der Waals surface area (Å²) in [6, 6.07) is 14.7. The Morgan fingerprint density at radius 2 is 1.90 bits per heavy atom. The first-order chi connectivity index (χ1) is 14.5. The van der Waals surface area contributed by atoms with E-state index in [-0.39, 0.29) is 18.3 Å². The smallest absolute Gasteiger partial charge is 0.313 e. The lowest BCUT2D eigenvalue weighted by molar-refractivity contribution is -0.136. The predicted octanol–water partition coefficient (Wildman–Crippen LogP) is 3.89. The van der Waals surface area contributed by atoms with Crippen LogP contribution < -0.4 is 15.5 Å². The average molecular weight is 427 g/mol. The molecule has 3 aromatic rings. The minimum Gasteiger partial charge on any atom is -0.361 e. The van der Waals surface area contributed by atoms with Gasteiger partial charge in [-0.1, -0.05) is 24.3 Å². The quantitative estimate of drug-likeness (QED) is 0.608. The zero-order valence-electron chi connectivity index (χ0n) is 15.9. The Balaban J connectivity index is 1.45. The molecule has 1 aliphatic heterocycles. The largest absolute Gasteiger partial charge is 0.361 e. The topological polar surface area (TPSA) is 61.4 Å². The van der Waals surface area contributed by atoms with Gasteiger partial charge in [-0.15, -0.1) is 11.3 Å². The molecular weight excluding hydrogens is 408 g/mol. The number of hydrogen-bond donors (Lipinski definition) is 2. The first-order valence-corrected chi connectivity index (χ1v) is 10.3. The van der Waals surface area contributed by atoms with Gasteiger partial charge in [0.1, 0.15) is 11.6 Å². The van der Waals surface area contributed by atoms with E-state index in [1.165, 1.54) is 5.56 Å². The van der Waals surface area contributed by atoms with E-state index in [1.807, 2.05) is 29.6 Å². The molecule has 2 N–H and O–H groups in total. The molecule has 2 amide bonds. The van der Waals surface area contributed by atoms with Gasteiger partial charge >= 0.3 is 11.8 Å². The highest BCUT2D eigenvalue weighted by molar-refractivity contribution is 7.10. The fraction of sp³-hybridized carbons (Fsp3) is 0.182. The van der Waals surface area contributed by atoms with Gasteiger partial charge < -0.3 is 15.5 Å². The Hall–Kier alpha value is -3.26. The average Bonchev–Trinajstić information content (AvgIpc) is 3.41. The van der Waals surface area contributed by atoms with Gasteiger partial charge in [0.15, 0.2) is 0 Å². The molecule has 1 aromatic heterocycles. The minimum absolute atomic E-state index is 0.132. The van der Waals surface area contributed by atoms with Gasteiger partial charge in [0.2, 0.25) is 0 Å². The third kappa shape index (κ3) is 4.18. The monoisotopic (exact) mass is 427 g/mol. The summed E-state index contributed by atoms with van der Waals surface area (Å²) in [7, 11) is 0. The highest BCUT2D eigenvalue weighted by Crippen LogP contribution is 2.36. The Bertz CT molecular complexity index is 1070. The van der Waals surface area contributed by atoms with Gasteiger partial charge in [0.05, 0.1) is 11.7 Å². The summed E-state index contributed by atoms with van der Waals surface area (Å²) in [5.41, 5.74) is 2.11. The zero-order valence-corrected chi connectivity index (χ0v) is 16.7. The number of para-hydroxylation sites is 1. The molecule has 0 saturated heterocycles. The molecule has 0 bridgehead atoms. The van der Waals surface area contributed by atoms with Crippen LogP contribution in [0.25, 0.3) is 0 Å². The fourth-order valence-corrected chi connectivity index (χ4v) is 4.41. The molecule has 0 saturated carbocycles. The lowest BCUT2D eigenvalue weighted by Crippen LogP contribution is -2.41. The van der Waals surface area contributed by atoms with Crippen LogP contribution in [0.15, 0.2) is 60.0 Å². The number of halogens is 2. The van der Waals surface area contributed by atoms with Gasteiger partial charge in [-0.3, -0.25) is 9.59 Å². The second-order valence-corrected chi connectivity index (χ2v) is 7.87. The fourth-order valence-electron chi connectivity index (χ4n) is 3.57. The van der Waals surface area contributed by atoms with E-state index in [1.54, 1.807) is 11.3 Å². The van der Waals surface area contributed by atoms with Crippen LogP contribution in [0, 0.1) is 11.6 Å². The number of carbonyl (C=O) groups excluding carboxylic acids is 2. The van der Waals surface area contributed by atoms with E-state index in [4.69, 9.17) is 0 Å². The number of amides is 2. The molecule has 30 heavy (non-hydrogen) atoms. The molecule has 0 spiro atoms. The molecule has 2 aromatic carbocycles. The summed E-state index contributed by atoms with van der Waals surface area (Å²) in [4.78, 5) is 27.8. The number of rotatable bonds is 5. The first-order valence-electron chi connectivity index (χ1n) is 9.45. The summed E-state index contributed by atoms with van der Waals surface area (Å²) >= 11 is 1.58. The van der Waals surface area contributed by atoms with Crippen LogP contribution in [0.5, 0.6) is 0 Å². The third-order valence-electron chi connectivity index (χ3n) is 5.01. The SMILES string of the molecule is O=C(NCC(c1cccs1)N1CCc2ccccc21)C(=O)Nc1ccc(F)cc1F. The summed E-state index contributed by atoms with van der Waals surface area (Å²) in [5, 5.41) is 6.79. The highest BCUT2D eigenvalue weighted by Gasteiger charge is 2.28. The molecule has 1 aliphatic rings. The first kappa shape index (κ1) is 20.0. The Morgan fingerprint density at radius 1 is 1.07 bits per heavy atom. The summed E-state index contributed by atoms with van der Waals surface area (Å²) in [6.45, 7) is 1.03. The summed E-state index contributed by atoms with van der Waals surface area (Å²) in [6.07, 6.45) is 0.913. The Kier molecular flexibility index (Phi) is 5.76. The van der Waals surface area contributed by atoms with Gasteiger partial charge in [-0.2, -0.15) is 0 Å². The maximum absolute atomic E-state index is 13.7. The molecule has 1 unspecified atom stereocenters. The van der Waals surface area contributed by atoms with Crippen molar-refractivity contribution in [2.45, 2.75) is 12.5 Å². The number of nitrogens with one attached hydrogen (secondary N) is 2. The standard InChI is InChI=1S/C22H19F2N3O2S/c23-15-7-8-17(16(24)12-15)26-22(29)21(28)25-13-19(20-6-3-11-30-20)27-10-9-14-4-1-2-5-18(14)27/h1-8,11-12,19H,9-10,13H2,(H,25,28)(H,26,29). The number of carbonyl (C=O) groups is 2. The molecule has 1 atom stereocenters. The summed E-state index contributed by atoms with van der Waals surface area (Å²) < 4.78 is 26.7. The number of anilines is 2. The molecule has 8 heteroatoms. The molecule has 154 valence electrons. The lowest BCUT2D eigenvalue weighted by atomic mass is 10.1. The van der Waals surface area contributed by atoms with Crippen LogP contribution >= 0.6 is 11.3 Å². The second kappa shape index (κ2) is 8.62. The van der Waals surface area contributed by atoms with Crippen LogP contribution in [0.4, 0.5) is 20.2 Å². The van der Waals surface area contributed by atoms with E-state index >= 15 is 0 Å². The van der Waals surface area contributed by atoms with Gasteiger partial charge in [-0.25, -0.2) is 8.78 Å². The van der Waals surface area contributed by atoms with Crippen molar-refractivity contribution in [1.82, 2.24) is 5.32 Å². The van der Waals surface area contributed by atoms with Crippen molar-refractivity contribution < 1.29 is 18.4 Å². The van der Waals surface area contributed by atoms with Gasteiger partial charge in [-0.05, 0) is 41.6 Å². The van der Waals surface area contributed by atoms with Crippen molar-refractivity contribution in [3.63, 3.8) is 0 Å². The molecule has 5 nitrogen and oxygen atoms in total. The number of fused-ring (bicyclic) bond motifs is 1. The van der Waals surface area contributed by atoms with Crippen LogP contribution in [-0.4, -0.2) is 24.9 Å². The van der Waals surface area contributed by atoms with Crippen LogP contribution in [0.2, 0.25) is 0 Å². The number of thiophene rings is 1. The van der Waals surface area contributed by atoms with Crippen LogP contribution in [0.1, 0.15) is 16.5 Å². The van der Waals surface area contributed by atoms with Crippen molar-refractivity contribution >= 4 is 34.5 Å². The van der Waals surface area contributed by atoms with Gasteiger partial charge in [0, 0.05) is 29.7 Å².